The van der Waals surface area contributed by atoms with Crippen molar-refractivity contribution in [1.29, 1.82) is 0 Å². The summed E-state index contributed by atoms with van der Waals surface area (Å²) in [4.78, 5) is 12.6. The third-order valence-corrected chi connectivity index (χ3v) is 3.90. The molecule has 4 nitrogen and oxygen atoms in total. The monoisotopic (exact) mass is 360 g/mol. The molecule has 0 radical (unpaired) electrons. The van der Waals surface area contributed by atoms with E-state index in [0.717, 1.165) is 18.3 Å². The van der Waals surface area contributed by atoms with Gasteiger partial charge in [-0.1, -0.05) is 17.7 Å². The molecular weight excluding hydrogens is 350 g/mol. The number of carbonyl (C=O) groups is 1. The summed E-state index contributed by atoms with van der Waals surface area (Å²) in [5.41, 5.74) is 5.92. The van der Waals surface area contributed by atoms with Crippen LogP contribution in [0.15, 0.2) is 54.7 Å². The lowest BCUT2D eigenvalue weighted by Gasteiger charge is -2.11. The van der Waals surface area contributed by atoms with Crippen LogP contribution in [0.25, 0.3) is 11.3 Å². The Labute approximate surface area is 146 Å². The van der Waals surface area contributed by atoms with Crippen LogP contribution in [0.1, 0.15) is 15.9 Å². The molecule has 1 aromatic heterocycles. The molecule has 1 heterocycles. The number of benzene rings is 2. The lowest BCUT2D eigenvalue weighted by molar-refractivity contribution is -0.593. The maximum atomic E-state index is 13.9. The molecule has 3 rings (SSSR count). The van der Waals surface area contributed by atoms with Crippen molar-refractivity contribution in [3.8, 4) is 11.3 Å². The molecule has 0 amide bonds. The normalized spacial score (nSPS) is 10.7. The molecule has 0 unspecified atom stereocenters. The van der Waals surface area contributed by atoms with Crippen molar-refractivity contribution in [1.82, 2.24) is 0 Å². The number of aromatic nitrogens is 1. The topological polar surface area (TPSA) is 70.0 Å². The Bertz CT molecular complexity index is 993. The minimum Gasteiger partial charge on any atom is -0.618 e. The van der Waals surface area contributed by atoms with E-state index in [1.165, 1.54) is 12.1 Å². The van der Waals surface area contributed by atoms with E-state index in [1.807, 2.05) is 0 Å². The molecule has 0 spiro atoms. The molecular formula is C18H11ClF2N2O2. The molecule has 0 aliphatic carbocycles. The predicted octanol–water partition coefficient (Wildman–Crippen LogP) is 3.73. The van der Waals surface area contributed by atoms with E-state index in [4.69, 9.17) is 17.3 Å². The summed E-state index contributed by atoms with van der Waals surface area (Å²) in [6.07, 6.45) is 1.10. The molecule has 0 saturated heterocycles. The highest BCUT2D eigenvalue weighted by molar-refractivity contribution is 6.30. The number of rotatable bonds is 3. The molecule has 0 aliphatic rings. The summed E-state index contributed by atoms with van der Waals surface area (Å²) in [7, 11) is 0. The number of anilines is 1. The van der Waals surface area contributed by atoms with Crippen LogP contribution in [0.3, 0.4) is 0 Å². The molecule has 0 aliphatic heterocycles. The number of carbonyl (C=O) groups excluding carboxylic acids is 1. The maximum Gasteiger partial charge on any atom is 0.247 e. The molecule has 7 heteroatoms. The molecule has 0 fully saturated rings. The number of pyridine rings is 1. The second-order valence-electron chi connectivity index (χ2n) is 5.28. The van der Waals surface area contributed by atoms with Crippen LogP contribution in [0.4, 0.5) is 14.5 Å². The molecule has 2 N–H and O–H groups in total. The molecule has 0 atom stereocenters. The number of nitrogens with zero attached hydrogens (tertiary/aromatic N) is 1. The number of hydrogen-bond donors (Lipinski definition) is 1. The average molecular weight is 361 g/mol. The van der Waals surface area contributed by atoms with Crippen molar-refractivity contribution >= 4 is 23.1 Å². The van der Waals surface area contributed by atoms with Gasteiger partial charge in [-0.3, -0.25) is 4.79 Å². The van der Waals surface area contributed by atoms with Crippen LogP contribution < -0.4 is 10.5 Å². The minimum atomic E-state index is -1.01. The molecule has 0 saturated carbocycles. The average Bonchev–Trinajstić information content (AvgIpc) is 2.54. The van der Waals surface area contributed by atoms with Crippen LogP contribution in [0.5, 0.6) is 0 Å². The summed E-state index contributed by atoms with van der Waals surface area (Å²) >= 11 is 5.93. The first kappa shape index (κ1) is 16.9. The highest BCUT2D eigenvalue weighted by atomic mass is 35.5. The van der Waals surface area contributed by atoms with Gasteiger partial charge in [0, 0.05) is 17.2 Å². The highest BCUT2D eigenvalue weighted by Gasteiger charge is 2.24. The first-order chi connectivity index (χ1) is 11.9. The first-order valence-corrected chi connectivity index (χ1v) is 7.53. The number of halogens is 3. The maximum absolute atomic E-state index is 13.9. The molecule has 25 heavy (non-hydrogen) atoms. The number of nitrogen functional groups attached to an aromatic ring is 1. The summed E-state index contributed by atoms with van der Waals surface area (Å²) < 4.78 is 27.4. The zero-order valence-electron chi connectivity index (χ0n) is 12.7. The third kappa shape index (κ3) is 3.16. The lowest BCUT2D eigenvalue weighted by atomic mass is 9.99. The molecule has 3 aromatic rings. The predicted molar refractivity (Wildman–Crippen MR) is 90.1 cm³/mol. The van der Waals surface area contributed by atoms with E-state index < -0.39 is 17.4 Å². The Balaban J connectivity index is 2.15. The van der Waals surface area contributed by atoms with Gasteiger partial charge in [-0.25, -0.2) is 8.78 Å². The Morgan fingerprint density at radius 3 is 2.52 bits per heavy atom. The van der Waals surface area contributed by atoms with Gasteiger partial charge in [-0.15, -0.1) is 0 Å². The van der Waals surface area contributed by atoms with Crippen molar-refractivity contribution in [3.05, 3.63) is 87.7 Å². The Morgan fingerprint density at radius 2 is 1.84 bits per heavy atom. The van der Waals surface area contributed by atoms with Crippen molar-refractivity contribution in [3.63, 3.8) is 0 Å². The van der Waals surface area contributed by atoms with Crippen LogP contribution >= 0.6 is 11.6 Å². The van der Waals surface area contributed by atoms with Crippen LogP contribution in [-0.4, -0.2) is 5.78 Å². The zero-order chi connectivity index (χ0) is 18.1. The van der Waals surface area contributed by atoms with Gasteiger partial charge in [0.05, 0.1) is 16.7 Å². The summed E-state index contributed by atoms with van der Waals surface area (Å²) in [6, 6.07) is 10.2. The van der Waals surface area contributed by atoms with E-state index in [1.54, 1.807) is 18.2 Å². The Hall–Kier alpha value is -2.99. The SMILES string of the molecule is Nc1c(C(=O)c2ccc(F)cc2F)cc[n+]([O-])c1-c1cccc(Cl)c1. The van der Waals surface area contributed by atoms with Gasteiger partial charge < -0.3 is 10.9 Å². The van der Waals surface area contributed by atoms with Crippen molar-refractivity contribution in [2.75, 3.05) is 5.73 Å². The second-order valence-corrected chi connectivity index (χ2v) is 5.72. The first-order valence-electron chi connectivity index (χ1n) is 7.16. The second kappa shape index (κ2) is 6.49. The van der Waals surface area contributed by atoms with E-state index in [-0.39, 0.29) is 22.5 Å². The minimum absolute atomic E-state index is 0.0240. The van der Waals surface area contributed by atoms with E-state index in [9.17, 15) is 18.8 Å². The molecule has 2 aromatic carbocycles. The van der Waals surface area contributed by atoms with E-state index >= 15 is 0 Å². The van der Waals surface area contributed by atoms with Gasteiger partial charge in [0.1, 0.15) is 17.3 Å². The smallest absolute Gasteiger partial charge is 0.247 e. The van der Waals surface area contributed by atoms with Crippen molar-refractivity contribution < 1.29 is 18.3 Å². The van der Waals surface area contributed by atoms with Gasteiger partial charge >= 0.3 is 0 Å². The van der Waals surface area contributed by atoms with Crippen molar-refractivity contribution in [2.45, 2.75) is 0 Å². The zero-order valence-corrected chi connectivity index (χ0v) is 13.4. The van der Waals surface area contributed by atoms with Gasteiger partial charge in [-0.05, 0) is 30.3 Å². The van der Waals surface area contributed by atoms with Crippen LogP contribution in [0, 0.1) is 16.8 Å². The third-order valence-electron chi connectivity index (χ3n) is 3.66. The summed E-state index contributed by atoms with van der Waals surface area (Å²) in [5, 5.41) is 12.5. The number of nitrogens with two attached hydrogens (primary N) is 1. The number of ketones is 1. The highest BCUT2D eigenvalue weighted by Crippen LogP contribution is 2.28. The van der Waals surface area contributed by atoms with Gasteiger partial charge in [0.15, 0.2) is 12.0 Å². The van der Waals surface area contributed by atoms with Gasteiger partial charge in [-0.2, -0.15) is 4.73 Å². The largest absolute Gasteiger partial charge is 0.618 e. The Morgan fingerprint density at radius 1 is 1.08 bits per heavy atom. The van der Waals surface area contributed by atoms with Crippen molar-refractivity contribution in [2.24, 2.45) is 0 Å². The van der Waals surface area contributed by atoms with E-state index in [2.05, 4.69) is 0 Å². The quantitative estimate of drug-likeness (QED) is 0.439. The van der Waals surface area contributed by atoms with Crippen LogP contribution in [0.2, 0.25) is 5.02 Å². The van der Waals surface area contributed by atoms with Crippen LogP contribution in [-0.2, 0) is 0 Å². The number of hydrogen-bond acceptors (Lipinski definition) is 3. The lowest BCUT2D eigenvalue weighted by Crippen LogP contribution is -2.31. The van der Waals surface area contributed by atoms with Gasteiger partial charge in [0.2, 0.25) is 5.69 Å². The fourth-order valence-corrected chi connectivity index (χ4v) is 2.68. The standard InChI is InChI=1S/C18H11ClF2N2O2/c19-11-3-1-2-10(8-11)17-16(22)14(6-7-23(17)25)18(24)13-5-4-12(20)9-15(13)21/h1-9H,22H2. The fourth-order valence-electron chi connectivity index (χ4n) is 2.49. The fraction of sp³-hybridized carbons (Fsp3) is 0. The Kier molecular flexibility index (Phi) is 4.37. The summed E-state index contributed by atoms with van der Waals surface area (Å²) in [6.45, 7) is 0. The van der Waals surface area contributed by atoms with Gasteiger partial charge in [0.25, 0.3) is 0 Å². The summed E-state index contributed by atoms with van der Waals surface area (Å²) in [5.74, 6) is -2.56. The molecule has 0 bridgehead atoms. The molecule has 126 valence electrons. The van der Waals surface area contributed by atoms with E-state index in [0.29, 0.717) is 21.4 Å².